The molecular weight excluding hydrogens is 462 g/mol. The van der Waals surface area contributed by atoms with Gasteiger partial charge in [0.2, 0.25) is 5.91 Å². The molecular formula is C31H41N3O3. The molecule has 0 bridgehead atoms. The summed E-state index contributed by atoms with van der Waals surface area (Å²) >= 11 is 0. The number of urea groups is 1. The Hall–Kier alpha value is -3.02. The lowest BCUT2D eigenvalue weighted by molar-refractivity contribution is -0.148. The zero-order chi connectivity index (χ0) is 25.8. The van der Waals surface area contributed by atoms with Crippen molar-refractivity contribution < 1.29 is 14.3 Å². The van der Waals surface area contributed by atoms with Crippen LogP contribution in [-0.4, -0.2) is 47.5 Å². The number of hydrogen-bond acceptors (Lipinski definition) is 3. The average Bonchev–Trinajstić information content (AvgIpc) is 2.93. The maximum Gasteiger partial charge on any atom is 0.318 e. The van der Waals surface area contributed by atoms with Crippen molar-refractivity contribution in [3.8, 4) is 5.75 Å². The molecule has 2 saturated heterocycles. The number of rotatable bonds is 8. The standard InChI is InChI=1S/C31H41N3O3/c1-3-4-5-8-19-37-25-13-9-12-24(20-25)22(2)32-31(36)34-17-10-15-27-29(34)21-28-26-14-7-6-11-23(26)16-18-33(28)30(27)35/h6-7,9,11-14,20,22,27-29H,3-5,8,10,15-19,21H2,1-2H3,(H,32,36)/t22-,27-,28+,29-/m1/s1. The number of fused-ring (bicyclic) bond motifs is 4. The van der Waals surface area contributed by atoms with Crippen LogP contribution in [0.15, 0.2) is 48.5 Å². The number of piperidine rings is 2. The molecule has 0 spiro atoms. The first-order valence-corrected chi connectivity index (χ1v) is 14.2. The number of benzene rings is 2. The van der Waals surface area contributed by atoms with Crippen molar-refractivity contribution in [1.29, 1.82) is 0 Å². The lowest BCUT2D eigenvalue weighted by atomic mass is 9.76. The van der Waals surface area contributed by atoms with Gasteiger partial charge < -0.3 is 19.9 Å². The van der Waals surface area contributed by atoms with Crippen LogP contribution < -0.4 is 10.1 Å². The lowest BCUT2D eigenvalue weighted by Crippen LogP contribution is -2.61. The molecule has 2 fully saturated rings. The van der Waals surface area contributed by atoms with E-state index in [0.29, 0.717) is 6.54 Å². The minimum Gasteiger partial charge on any atom is -0.494 e. The molecule has 6 heteroatoms. The van der Waals surface area contributed by atoms with Crippen LogP contribution in [0.3, 0.4) is 0 Å². The smallest absolute Gasteiger partial charge is 0.318 e. The highest BCUT2D eigenvalue weighted by atomic mass is 16.5. The van der Waals surface area contributed by atoms with E-state index in [-0.39, 0.29) is 36.0 Å². The van der Waals surface area contributed by atoms with Crippen molar-refractivity contribution in [2.45, 2.75) is 83.3 Å². The summed E-state index contributed by atoms with van der Waals surface area (Å²) < 4.78 is 5.96. The third kappa shape index (κ3) is 5.48. The van der Waals surface area contributed by atoms with E-state index < -0.39 is 0 Å². The maximum absolute atomic E-state index is 13.6. The van der Waals surface area contributed by atoms with Gasteiger partial charge in [0.25, 0.3) is 0 Å². The minimum absolute atomic E-state index is 0.0568. The predicted molar refractivity (Wildman–Crippen MR) is 145 cm³/mol. The first kappa shape index (κ1) is 25.6. The first-order chi connectivity index (χ1) is 18.1. The van der Waals surface area contributed by atoms with Crippen molar-refractivity contribution in [3.05, 3.63) is 65.2 Å². The van der Waals surface area contributed by atoms with E-state index in [9.17, 15) is 9.59 Å². The molecule has 1 N–H and O–H groups in total. The molecule has 198 valence electrons. The molecule has 3 aliphatic heterocycles. The highest BCUT2D eigenvalue weighted by Gasteiger charge is 2.48. The van der Waals surface area contributed by atoms with Gasteiger partial charge in [0, 0.05) is 19.1 Å². The summed E-state index contributed by atoms with van der Waals surface area (Å²) in [7, 11) is 0. The number of carbonyl (C=O) groups is 2. The SMILES string of the molecule is CCCCCCOc1cccc([C@@H](C)NC(=O)N2CCC[C@H]3C(=O)N4CCc5ccccc5[C@@H]4C[C@H]32)c1. The molecule has 2 aromatic carbocycles. The minimum atomic E-state index is -0.150. The Bertz CT molecular complexity index is 1100. The average molecular weight is 504 g/mol. The number of hydrogen-bond donors (Lipinski definition) is 1. The van der Waals surface area contributed by atoms with E-state index in [1.54, 1.807) is 0 Å². The van der Waals surface area contributed by atoms with Crippen LogP contribution >= 0.6 is 0 Å². The van der Waals surface area contributed by atoms with Crippen molar-refractivity contribution in [2.75, 3.05) is 19.7 Å². The van der Waals surface area contributed by atoms with Crippen LogP contribution in [0.25, 0.3) is 0 Å². The Morgan fingerprint density at radius 1 is 1.11 bits per heavy atom. The third-order valence-corrected chi connectivity index (χ3v) is 8.48. The summed E-state index contributed by atoms with van der Waals surface area (Å²) in [6.07, 6.45) is 8.16. The number of carbonyl (C=O) groups excluding carboxylic acids is 2. The zero-order valence-corrected chi connectivity index (χ0v) is 22.3. The molecule has 4 atom stereocenters. The summed E-state index contributed by atoms with van der Waals surface area (Å²) in [5.41, 5.74) is 3.62. The van der Waals surface area contributed by atoms with E-state index in [4.69, 9.17) is 4.74 Å². The van der Waals surface area contributed by atoms with Crippen molar-refractivity contribution in [1.82, 2.24) is 15.1 Å². The summed E-state index contributed by atoms with van der Waals surface area (Å²) in [6.45, 7) is 6.42. The van der Waals surface area contributed by atoms with Gasteiger partial charge in [0.05, 0.1) is 24.6 Å². The van der Waals surface area contributed by atoms with E-state index in [1.165, 1.54) is 30.4 Å². The van der Waals surface area contributed by atoms with Gasteiger partial charge in [-0.3, -0.25) is 4.79 Å². The Morgan fingerprint density at radius 3 is 2.84 bits per heavy atom. The maximum atomic E-state index is 13.6. The Balaban J connectivity index is 1.25. The number of unbranched alkanes of at least 4 members (excludes halogenated alkanes) is 3. The predicted octanol–water partition coefficient (Wildman–Crippen LogP) is 6.03. The number of amides is 3. The van der Waals surface area contributed by atoms with E-state index >= 15 is 0 Å². The largest absolute Gasteiger partial charge is 0.494 e. The van der Waals surface area contributed by atoms with Crippen LogP contribution in [0.4, 0.5) is 4.79 Å². The quantitative estimate of drug-likeness (QED) is 0.448. The molecule has 3 aliphatic rings. The summed E-state index contributed by atoms with van der Waals surface area (Å²) in [5.74, 6) is 0.980. The van der Waals surface area contributed by atoms with Crippen LogP contribution in [0.5, 0.6) is 5.75 Å². The van der Waals surface area contributed by atoms with Gasteiger partial charge in [-0.15, -0.1) is 0 Å². The number of nitrogens with one attached hydrogen (secondary N) is 1. The molecule has 0 saturated carbocycles. The van der Waals surface area contributed by atoms with Gasteiger partial charge in [0.15, 0.2) is 0 Å². The normalized spacial score (nSPS) is 23.5. The summed E-state index contributed by atoms with van der Waals surface area (Å²) in [4.78, 5) is 31.2. The number of likely N-dealkylation sites (tertiary alicyclic amines) is 1. The second kappa shape index (κ2) is 11.6. The molecule has 0 aliphatic carbocycles. The Morgan fingerprint density at radius 2 is 1.97 bits per heavy atom. The fourth-order valence-electron chi connectivity index (χ4n) is 6.44. The van der Waals surface area contributed by atoms with Crippen LogP contribution in [0.1, 0.15) is 87.6 Å². The third-order valence-electron chi connectivity index (χ3n) is 8.48. The monoisotopic (exact) mass is 503 g/mol. The van der Waals surface area contributed by atoms with Crippen molar-refractivity contribution >= 4 is 11.9 Å². The van der Waals surface area contributed by atoms with E-state index in [2.05, 4.69) is 41.4 Å². The van der Waals surface area contributed by atoms with Crippen molar-refractivity contribution in [3.63, 3.8) is 0 Å². The molecule has 0 unspecified atom stereocenters. The van der Waals surface area contributed by atoms with Gasteiger partial charge in [-0.05, 0) is 67.9 Å². The van der Waals surface area contributed by atoms with Crippen molar-refractivity contribution in [2.24, 2.45) is 5.92 Å². The van der Waals surface area contributed by atoms with Gasteiger partial charge in [-0.25, -0.2) is 4.79 Å². The van der Waals surface area contributed by atoms with Gasteiger partial charge in [-0.2, -0.15) is 0 Å². The van der Waals surface area contributed by atoms with Gasteiger partial charge in [0.1, 0.15) is 5.75 Å². The summed E-state index contributed by atoms with van der Waals surface area (Å²) in [5, 5.41) is 3.22. The molecule has 5 rings (SSSR count). The van der Waals surface area contributed by atoms with Gasteiger partial charge >= 0.3 is 6.03 Å². The molecule has 0 aromatic heterocycles. The fourth-order valence-corrected chi connectivity index (χ4v) is 6.44. The Kier molecular flexibility index (Phi) is 8.02. The van der Waals surface area contributed by atoms with Crippen LogP contribution in [0.2, 0.25) is 0 Å². The second-order valence-electron chi connectivity index (χ2n) is 10.9. The highest BCUT2D eigenvalue weighted by molar-refractivity contribution is 5.83. The van der Waals surface area contributed by atoms with Gasteiger partial charge in [-0.1, -0.05) is 62.6 Å². The molecule has 2 aromatic rings. The fraction of sp³-hybridized carbons (Fsp3) is 0.548. The van der Waals surface area contributed by atoms with E-state index in [1.807, 2.05) is 36.1 Å². The zero-order valence-electron chi connectivity index (χ0n) is 22.3. The molecule has 6 nitrogen and oxygen atoms in total. The molecule has 3 amide bonds. The number of ether oxygens (including phenoxy) is 1. The highest BCUT2D eigenvalue weighted by Crippen LogP contribution is 2.43. The summed E-state index contributed by atoms with van der Waals surface area (Å²) in [6, 6.07) is 16.3. The molecule has 37 heavy (non-hydrogen) atoms. The molecule has 0 radical (unpaired) electrons. The Labute approximate surface area is 221 Å². The lowest BCUT2D eigenvalue weighted by Gasteiger charge is -2.51. The second-order valence-corrected chi connectivity index (χ2v) is 10.9. The molecule has 3 heterocycles. The van der Waals surface area contributed by atoms with Crippen LogP contribution in [0, 0.1) is 5.92 Å². The van der Waals surface area contributed by atoms with Crippen LogP contribution in [-0.2, 0) is 11.2 Å². The topological polar surface area (TPSA) is 61.9 Å². The van der Waals surface area contributed by atoms with E-state index in [0.717, 1.165) is 56.6 Å². The first-order valence-electron chi connectivity index (χ1n) is 14.2. The number of nitrogens with zero attached hydrogens (tertiary/aromatic N) is 2.